The molecule has 1 unspecified atom stereocenters. The van der Waals surface area contributed by atoms with Gasteiger partial charge in [-0.1, -0.05) is 27.7 Å². The van der Waals surface area contributed by atoms with Gasteiger partial charge >= 0.3 is 0 Å². The maximum atomic E-state index is 4.47. The molecule has 0 spiro atoms. The van der Waals surface area contributed by atoms with Gasteiger partial charge in [-0.25, -0.2) is 9.97 Å². The molecule has 0 radical (unpaired) electrons. The predicted molar refractivity (Wildman–Crippen MR) is 78.3 cm³/mol. The second-order valence-corrected chi connectivity index (χ2v) is 5.78. The first kappa shape index (κ1) is 14.7. The molecule has 1 atom stereocenters. The lowest BCUT2D eigenvalue weighted by Crippen LogP contribution is -2.40. The molecule has 1 aromatic heterocycles. The van der Waals surface area contributed by atoms with Gasteiger partial charge in [0.2, 0.25) is 0 Å². The van der Waals surface area contributed by atoms with Crippen molar-refractivity contribution in [2.75, 3.05) is 24.3 Å². The standard InChI is InChI=1S/C14H26N4/c1-8-11-12(15-6)16-9-17-13(11)18(7)10(2)14(3,4)5/h9-10H,8H2,1-7H3,(H,15,16,17). The van der Waals surface area contributed by atoms with E-state index in [9.17, 15) is 0 Å². The van der Waals surface area contributed by atoms with Gasteiger partial charge in [-0.15, -0.1) is 0 Å². The van der Waals surface area contributed by atoms with Crippen molar-refractivity contribution < 1.29 is 0 Å². The first-order valence-electron chi connectivity index (χ1n) is 6.57. The lowest BCUT2D eigenvalue weighted by atomic mass is 9.87. The predicted octanol–water partition coefficient (Wildman–Crippen LogP) is 2.95. The van der Waals surface area contributed by atoms with E-state index in [1.807, 2.05) is 7.05 Å². The first-order valence-corrected chi connectivity index (χ1v) is 6.57. The van der Waals surface area contributed by atoms with E-state index in [2.05, 4.69) is 61.9 Å². The number of hydrogen-bond acceptors (Lipinski definition) is 4. The highest BCUT2D eigenvalue weighted by Crippen LogP contribution is 2.30. The van der Waals surface area contributed by atoms with Crippen LogP contribution < -0.4 is 10.2 Å². The van der Waals surface area contributed by atoms with E-state index in [0.717, 1.165) is 18.1 Å². The molecular weight excluding hydrogens is 224 g/mol. The van der Waals surface area contributed by atoms with Crippen LogP contribution in [0.4, 0.5) is 11.6 Å². The zero-order chi connectivity index (χ0) is 13.9. The largest absolute Gasteiger partial charge is 0.373 e. The van der Waals surface area contributed by atoms with E-state index >= 15 is 0 Å². The quantitative estimate of drug-likeness (QED) is 0.892. The van der Waals surface area contributed by atoms with Crippen LogP contribution in [0.2, 0.25) is 0 Å². The molecule has 0 aliphatic heterocycles. The molecule has 18 heavy (non-hydrogen) atoms. The normalized spacial score (nSPS) is 13.3. The fourth-order valence-electron chi connectivity index (χ4n) is 2.01. The van der Waals surface area contributed by atoms with Crippen LogP contribution in [0.3, 0.4) is 0 Å². The van der Waals surface area contributed by atoms with E-state index < -0.39 is 0 Å². The van der Waals surface area contributed by atoms with E-state index in [4.69, 9.17) is 0 Å². The molecule has 0 aromatic carbocycles. The Morgan fingerprint density at radius 1 is 1.33 bits per heavy atom. The van der Waals surface area contributed by atoms with Crippen molar-refractivity contribution in [1.82, 2.24) is 9.97 Å². The lowest BCUT2D eigenvalue weighted by Gasteiger charge is -2.37. The van der Waals surface area contributed by atoms with Gasteiger partial charge < -0.3 is 10.2 Å². The summed E-state index contributed by atoms with van der Waals surface area (Å²) < 4.78 is 0. The highest BCUT2D eigenvalue weighted by atomic mass is 15.2. The summed E-state index contributed by atoms with van der Waals surface area (Å²) in [4.78, 5) is 11.0. The molecule has 0 amide bonds. The summed E-state index contributed by atoms with van der Waals surface area (Å²) in [5.74, 6) is 1.95. The average Bonchev–Trinajstić information content (AvgIpc) is 2.34. The minimum Gasteiger partial charge on any atom is -0.373 e. The van der Waals surface area contributed by atoms with Crippen LogP contribution in [0, 0.1) is 5.41 Å². The summed E-state index contributed by atoms with van der Waals surface area (Å²) in [6.45, 7) is 11.1. The summed E-state index contributed by atoms with van der Waals surface area (Å²) >= 11 is 0. The molecule has 102 valence electrons. The second kappa shape index (κ2) is 5.55. The molecule has 1 aromatic rings. The molecule has 0 fully saturated rings. The van der Waals surface area contributed by atoms with Crippen LogP contribution in [0.1, 0.15) is 40.2 Å². The summed E-state index contributed by atoms with van der Waals surface area (Å²) in [5.41, 5.74) is 1.39. The first-order chi connectivity index (χ1) is 8.32. The van der Waals surface area contributed by atoms with E-state index in [0.29, 0.717) is 6.04 Å². The smallest absolute Gasteiger partial charge is 0.137 e. The van der Waals surface area contributed by atoms with Crippen LogP contribution in [0.25, 0.3) is 0 Å². The average molecular weight is 250 g/mol. The van der Waals surface area contributed by atoms with Gasteiger partial charge in [0.25, 0.3) is 0 Å². The Morgan fingerprint density at radius 2 is 1.94 bits per heavy atom. The van der Waals surface area contributed by atoms with Crippen LogP contribution in [-0.4, -0.2) is 30.1 Å². The molecule has 0 aliphatic carbocycles. The second-order valence-electron chi connectivity index (χ2n) is 5.78. The van der Waals surface area contributed by atoms with Crippen molar-refractivity contribution in [2.24, 2.45) is 5.41 Å². The molecule has 1 rings (SSSR count). The lowest BCUT2D eigenvalue weighted by molar-refractivity contribution is 0.328. The van der Waals surface area contributed by atoms with Crippen molar-refractivity contribution in [2.45, 2.75) is 47.1 Å². The number of anilines is 2. The fraction of sp³-hybridized carbons (Fsp3) is 0.714. The van der Waals surface area contributed by atoms with E-state index in [1.165, 1.54) is 5.56 Å². The van der Waals surface area contributed by atoms with Gasteiger partial charge in [-0.3, -0.25) is 0 Å². The Morgan fingerprint density at radius 3 is 2.39 bits per heavy atom. The molecule has 4 heteroatoms. The maximum absolute atomic E-state index is 4.47. The Balaban J connectivity index is 3.17. The highest BCUT2D eigenvalue weighted by Gasteiger charge is 2.26. The third kappa shape index (κ3) is 2.92. The van der Waals surface area contributed by atoms with Crippen molar-refractivity contribution >= 4 is 11.6 Å². The SMILES string of the molecule is CCc1c(NC)ncnc1N(C)C(C)C(C)(C)C. The van der Waals surface area contributed by atoms with Crippen LogP contribution in [-0.2, 0) is 6.42 Å². The van der Waals surface area contributed by atoms with Crippen LogP contribution in [0.15, 0.2) is 6.33 Å². The topological polar surface area (TPSA) is 41.1 Å². The number of hydrogen-bond donors (Lipinski definition) is 1. The Hall–Kier alpha value is -1.32. The molecular formula is C14H26N4. The van der Waals surface area contributed by atoms with Gasteiger partial charge in [0.1, 0.15) is 18.0 Å². The molecule has 0 aliphatic rings. The highest BCUT2D eigenvalue weighted by molar-refractivity contribution is 5.58. The van der Waals surface area contributed by atoms with Gasteiger partial charge in [-0.05, 0) is 18.8 Å². The third-order valence-electron chi connectivity index (χ3n) is 3.68. The molecule has 0 saturated heterocycles. The summed E-state index contributed by atoms with van der Waals surface area (Å²) in [5, 5.41) is 3.14. The van der Waals surface area contributed by atoms with Gasteiger partial charge in [0.15, 0.2) is 0 Å². The molecule has 0 bridgehead atoms. The fourth-order valence-corrected chi connectivity index (χ4v) is 2.01. The van der Waals surface area contributed by atoms with Crippen molar-refractivity contribution in [1.29, 1.82) is 0 Å². The van der Waals surface area contributed by atoms with Gasteiger partial charge in [0, 0.05) is 25.7 Å². The number of nitrogens with zero attached hydrogens (tertiary/aromatic N) is 3. The number of aromatic nitrogens is 2. The molecule has 1 N–H and O–H groups in total. The molecule has 4 nitrogen and oxygen atoms in total. The number of rotatable bonds is 4. The Kier molecular flexibility index (Phi) is 4.54. The van der Waals surface area contributed by atoms with Gasteiger partial charge in [-0.2, -0.15) is 0 Å². The zero-order valence-electron chi connectivity index (χ0n) is 12.7. The minimum atomic E-state index is 0.213. The van der Waals surface area contributed by atoms with Crippen LogP contribution in [0.5, 0.6) is 0 Å². The van der Waals surface area contributed by atoms with E-state index in [-0.39, 0.29) is 5.41 Å². The van der Waals surface area contributed by atoms with Gasteiger partial charge in [0.05, 0.1) is 0 Å². The minimum absolute atomic E-state index is 0.213. The maximum Gasteiger partial charge on any atom is 0.137 e. The Labute approximate surface area is 111 Å². The monoisotopic (exact) mass is 250 g/mol. The zero-order valence-corrected chi connectivity index (χ0v) is 12.7. The van der Waals surface area contributed by atoms with Crippen molar-refractivity contribution in [3.63, 3.8) is 0 Å². The number of nitrogens with one attached hydrogen (secondary N) is 1. The Bertz CT molecular complexity index is 395. The molecule has 1 heterocycles. The van der Waals surface area contributed by atoms with Crippen molar-refractivity contribution in [3.05, 3.63) is 11.9 Å². The molecule has 0 saturated carbocycles. The summed E-state index contributed by atoms with van der Waals surface area (Å²) in [6, 6.07) is 0.405. The van der Waals surface area contributed by atoms with Crippen LogP contribution >= 0.6 is 0 Å². The van der Waals surface area contributed by atoms with E-state index in [1.54, 1.807) is 6.33 Å². The van der Waals surface area contributed by atoms with Crippen molar-refractivity contribution in [3.8, 4) is 0 Å². The summed E-state index contributed by atoms with van der Waals surface area (Å²) in [6.07, 6.45) is 2.56. The summed E-state index contributed by atoms with van der Waals surface area (Å²) in [7, 11) is 4.01. The third-order valence-corrected chi connectivity index (χ3v) is 3.68.